The molecular weight excluding hydrogens is 508 g/mol. The van der Waals surface area contributed by atoms with Gasteiger partial charge in [0.05, 0.1) is 21.6 Å². The van der Waals surface area contributed by atoms with Gasteiger partial charge in [-0.25, -0.2) is 9.69 Å². The smallest absolute Gasteiger partial charge is 0.335 e. The molecule has 1 heterocycles. The molecule has 0 atom stereocenters. The van der Waals surface area contributed by atoms with E-state index in [0.717, 1.165) is 23.1 Å². The molecular formula is C24H15ClN4O8. The molecule has 0 radical (unpaired) electrons. The summed E-state index contributed by atoms with van der Waals surface area (Å²) in [5.74, 6) is -1.78. The van der Waals surface area contributed by atoms with E-state index < -0.39 is 39.1 Å². The second kappa shape index (κ2) is 9.87. The molecule has 0 saturated carbocycles. The molecule has 3 aromatic rings. The Morgan fingerprint density at radius 2 is 1.68 bits per heavy atom. The van der Waals surface area contributed by atoms with Crippen molar-refractivity contribution >= 4 is 52.6 Å². The number of rotatable bonds is 6. The van der Waals surface area contributed by atoms with E-state index in [0.29, 0.717) is 16.1 Å². The van der Waals surface area contributed by atoms with Gasteiger partial charge in [-0.1, -0.05) is 29.8 Å². The van der Waals surface area contributed by atoms with Crippen LogP contribution < -0.4 is 15.0 Å². The quantitative estimate of drug-likeness (QED) is 0.206. The summed E-state index contributed by atoms with van der Waals surface area (Å²) in [5.41, 5.74) is -0.271. The molecule has 4 rings (SSSR count). The highest BCUT2D eigenvalue weighted by Gasteiger charge is 2.37. The van der Waals surface area contributed by atoms with Crippen molar-refractivity contribution in [2.45, 2.75) is 6.92 Å². The third-order valence-electron chi connectivity index (χ3n) is 5.35. The van der Waals surface area contributed by atoms with E-state index in [1.165, 1.54) is 36.4 Å². The highest BCUT2D eigenvalue weighted by atomic mass is 35.5. The first-order valence-corrected chi connectivity index (χ1v) is 10.8. The molecule has 0 aliphatic carbocycles. The number of anilines is 1. The zero-order valence-corrected chi connectivity index (χ0v) is 19.6. The fraction of sp³-hybridized carbons (Fsp3) is 0.0417. The van der Waals surface area contributed by atoms with Crippen LogP contribution in [0.3, 0.4) is 0 Å². The minimum atomic E-state index is -0.911. The molecule has 13 heteroatoms. The van der Waals surface area contributed by atoms with Gasteiger partial charge in [-0.2, -0.15) is 0 Å². The number of carbonyl (C=O) groups is 3. The lowest BCUT2D eigenvalue weighted by Gasteiger charge is -2.27. The molecule has 0 unspecified atom stereocenters. The van der Waals surface area contributed by atoms with Crippen LogP contribution in [-0.2, 0) is 9.59 Å². The van der Waals surface area contributed by atoms with E-state index in [1.54, 1.807) is 19.1 Å². The number of hydrogen-bond acceptors (Lipinski definition) is 8. The molecule has 186 valence electrons. The summed E-state index contributed by atoms with van der Waals surface area (Å²) < 4.78 is 5.51. The fourth-order valence-corrected chi connectivity index (χ4v) is 3.66. The predicted molar refractivity (Wildman–Crippen MR) is 131 cm³/mol. The van der Waals surface area contributed by atoms with Crippen molar-refractivity contribution in [3.63, 3.8) is 0 Å². The van der Waals surface area contributed by atoms with E-state index in [1.807, 2.05) is 0 Å². The number of nitrogens with zero attached hydrogens (tertiary/aromatic N) is 3. The summed E-state index contributed by atoms with van der Waals surface area (Å²) in [7, 11) is 0. The van der Waals surface area contributed by atoms with E-state index in [2.05, 4.69) is 5.32 Å². The molecule has 1 aliphatic heterocycles. The van der Waals surface area contributed by atoms with E-state index in [9.17, 15) is 34.6 Å². The van der Waals surface area contributed by atoms with Crippen molar-refractivity contribution in [3.05, 3.63) is 103 Å². The Bertz CT molecular complexity index is 1520. The minimum absolute atomic E-state index is 0.157. The maximum atomic E-state index is 13.1. The van der Waals surface area contributed by atoms with Crippen LogP contribution in [0.5, 0.6) is 11.5 Å². The van der Waals surface area contributed by atoms with E-state index in [-0.39, 0.29) is 22.8 Å². The van der Waals surface area contributed by atoms with Crippen molar-refractivity contribution in [1.29, 1.82) is 0 Å². The highest BCUT2D eigenvalue weighted by Crippen LogP contribution is 2.35. The Balaban J connectivity index is 1.61. The molecule has 1 N–H and O–H groups in total. The molecule has 4 amide bonds. The van der Waals surface area contributed by atoms with Crippen LogP contribution in [0.25, 0.3) is 6.08 Å². The summed E-state index contributed by atoms with van der Waals surface area (Å²) >= 11 is 6.11. The van der Waals surface area contributed by atoms with Crippen LogP contribution in [0.4, 0.5) is 21.9 Å². The van der Waals surface area contributed by atoms with Crippen LogP contribution >= 0.6 is 11.6 Å². The fourth-order valence-electron chi connectivity index (χ4n) is 3.49. The average molecular weight is 523 g/mol. The van der Waals surface area contributed by atoms with Gasteiger partial charge in [-0.05, 0) is 54.5 Å². The Hall–Kier alpha value is -5.10. The van der Waals surface area contributed by atoms with Crippen LogP contribution in [0.15, 0.2) is 66.2 Å². The lowest BCUT2D eigenvalue weighted by molar-refractivity contribution is -0.394. The number of carbonyl (C=O) groups excluding carboxylic acids is 3. The first-order chi connectivity index (χ1) is 17.6. The monoisotopic (exact) mass is 522 g/mol. The molecule has 12 nitrogen and oxygen atoms in total. The van der Waals surface area contributed by atoms with Gasteiger partial charge in [0.25, 0.3) is 17.5 Å². The number of non-ortho nitro benzene ring substituents is 1. The maximum Gasteiger partial charge on any atom is 0.335 e. The number of barbiturate groups is 1. The van der Waals surface area contributed by atoms with Gasteiger partial charge in [0.1, 0.15) is 11.3 Å². The molecule has 0 aromatic heterocycles. The first kappa shape index (κ1) is 25.0. The summed E-state index contributed by atoms with van der Waals surface area (Å²) in [6.07, 6.45) is 1.27. The summed E-state index contributed by atoms with van der Waals surface area (Å²) in [5, 5.41) is 24.7. The third-order valence-corrected chi connectivity index (χ3v) is 5.76. The largest absolute Gasteiger partial charge is 0.450 e. The summed E-state index contributed by atoms with van der Waals surface area (Å²) in [4.78, 5) is 59.4. The second-order valence-corrected chi connectivity index (χ2v) is 8.09. The first-order valence-electron chi connectivity index (χ1n) is 10.4. The second-order valence-electron chi connectivity index (χ2n) is 7.68. The zero-order valence-electron chi connectivity index (χ0n) is 18.8. The normalized spacial score (nSPS) is 14.5. The van der Waals surface area contributed by atoms with Crippen LogP contribution in [0, 0.1) is 27.2 Å². The number of halogens is 1. The highest BCUT2D eigenvalue weighted by molar-refractivity contribution is 6.39. The van der Waals surface area contributed by atoms with Gasteiger partial charge in [0.2, 0.25) is 5.75 Å². The number of nitrogens with one attached hydrogen (secondary N) is 1. The van der Waals surface area contributed by atoms with Crippen molar-refractivity contribution in [1.82, 2.24) is 5.32 Å². The Morgan fingerprint density at radius 3 is 2.32 bits per heavy atom. The van der Waals surface area contributed by atoms with Gasteiger partial charge in [-0.3, -0.25) is 35.1 Å². The zero-order chi connectivity index (χ0) is 26.9. The van der Waals surface area contributed by atoms with Gasteiger partial charge in [0.15, 0.2) is 0 Å². The average Bonchev–Trinajstić information content (AvgIpc) is 2.85. The Morgan fingerprint density at radius 1 is 0.973 bits per heavy atom. The molecule has 0 spiro atoms. The lowest BCUT2D eigenvalue weighted by atomic mass is 10.1. The molecule has 3 aromatic carbocycles. The maximum absolute atomic E-state index is 13.1. The number of hydrogen-bond donors (Lipinski definition) is 1. The number of ether oxygens (including phenoxy) is 1. The predicted octanol–water partition coefficient (Wildman–Crippen LogP) is 4.92. The third kappa shape index (κ3) is 4.99. The minimum Gasteiger partial charge on any atom is -0.450 e. The number of nitro groups is 2. The lowest BCUT2D eigenvalue weighted by Crippen LogP contribution is -2.54. The SMILES string of the molecule is Cc1c(Cl)cccc1N1C(=O)NC(=O)/C(=C\c2ccc(Oc3ccc([N+](=O)[O-])cc3[N+](=O)[O-])cc2)C1=O. The Labute approximate surface area is 213 Å². The van der Waals surface area contributed by atoms with Crippen molar-refractivity contribution < 1.29 is 29.0 Å². The molecule has 1 aliphatic rings. The summed E-state index contributed by atoms with van der Waals surface area (Å²) in [6, 6.07) is 12.6. The van der Waals surface area contributed by atoms with Crippen molar-refractivity contribution in [2.24, 2.45) is 0 Å². The molecule has 37 heavy (non-hydrogen) atoms. The molecule has 1 fully saturated rings. The van der Waals surface area contributed by atoms with Crippen LogP contribution in [0.1, 0.15) is 11.1 Å². The number of benzene rings is 3. The van der Waals surface area contributed by atoms with Gasteiger partial charge >= 0.3 is 11.7 Å². The molecule has 0 bridgehead atoms. The number of amides is 4. The van der Waals surface area contributed by atoms with Gasteiger partial charge in [0, 0.05) is 11.1 Å². The number of imide groups is 2. The summed E-state index contributed by atoms with van der Waals surface area (Å²) in [6.45, 7) is 1.63. The number of nitro benzene ring substituents is 2. The van der Waals surface area contributed by atoms with Gasteiger partial charge in [-0.15, -0.1) is 0 Å². The Kier molecular flexibility index (Phi) is 6.67. The van der Waals surface area contributed by atoms with E-state index >= 15 is 0 Å². The molecule has 1 saturated heterocycles. The van der Waals surface area contributed by atoms with Crippen LogP contribution in [-0.4, -0.2) is 27.7 Å². The van der Waals surface area contributed by atoms with E-state index in [4.69, 9.17) is 16.3 Å². The van der Waals surface area contributed by atoms with Crippen molar-refractivity contribution in [3.8, 4) is 11.5 Å². The standard InChI is InChI=1S/C24H15ClN4O8/c1-13-18(25)3-2-4-19(13)27-23(31)17(22(30)26-24(27)32)11-14-5-8-16(9-6-14)37-21-10-7-15(28(33)34)12-20(21)29(35)36/h2-12H,1H3,(H,26,30,32)/b17-11+. The van der Waals surface area contributed by atoms with Crippen LogP contribution in [0.2, 0.25) is 5.02 Å². The number of urea groups is 1. The van der Waals surface area contributed by atoms with Crippen molar-refractivity contribution in [2.75, 3.05) is 4.90 Å². The van der Waals surface area contributed by atoms with Gasteiger partial charge < -0.3 is 4.74 Å². The topological polar surface area (TPSA) is 162 Å².